The first-order valence-corrected chi connectivity index (χ1v) is 9.98. The van der Waals surface area contributed by atoms with Crippen LogP contribution >= 0.6 is 0 Å². The molecule has 0 unspecified atom stereocenters. The second kappa shape index (κ2) is 10.9. The fraction of sp³-hybridized carbons (Fsp3) is 0.923. The molecule has 19 heteroatoms. The minimum absolute atomic E-state index is 0.00398. The quantitative estimate of drug-likeness (QED) is 0.136. The van der Waals surface area contributed by atoms with Crippen molar-refractivity contribution in [1.29, 1.82) is 0 Å². The van der Waals surface area contributed by atoms with Crippen LogP contribution in [0.5, 0.6) is 0 Å². The molecule has 7 nitrogen and oxygen atoms in total. The number of ether oxygens (including phenoxy) is 3. The molecule has 0 spiro atoms. The first-order chi connectivity index (χ1) is 14.2. The zero-order valence-electron chi connectivity index (χ0n) is 16.3. The highest BCUT2D eigenvalue weighted by atomic mass is 28.4. The first-order valence-electron chi connectivity index (χ1n) is 8.05. The number of hydrogen-bond acceptors (Lipinski definition) is 7. The summed E-state index contributed by atoms with van der Waals surface area (Å²) in [4.78, 5) is 11.4. The third-order valence-corrected chi connectivity index (χ3v) is 6.30. The highest BCUT2D eigenvalue weighted by molar-refractivity contribution is 6.60. The van der Waals surface area contributed by atoms with Gasteiger partial charge in [-0.05, 0) is 12.8 Å². The Hall–Kier alpha value is -1.12. The summed E-state index contributed by atoms with van der Waals surface area (Å²) in [5, 5.41) is 0. The Morgan fingerprint density at radius 1 is 0.688 bits per heavy atom. The SMILES string of the molecule is CO[Si](CCCCC(=O)C(F)(F)OC(F)(F)OC(F)(F)C(F)(F)OC(F)(F)F)(OC)OC. The van der Waals surface area contributed by atoms with Crippen molar-refractivity contribution in [2.24, 2.45) is 0 Å². The van der Waals surface area contributed by atoms with Gasteiger partial charge in [0.1, 0.15) is 0 Å². The van der Waals surface area contributed by atoms with Gasteiger partial charge in [0, 0.05) is 33.8 Å². The molecule has 0 fully saturated rings. The van der Waals surface area contributed by atoms with Gasteiger partial charge in [0.05, 0.1) is 0 Å². The third kappa shape index (κ3) is 9.39. The summed E-state index contributed by atoms with van der Waals surface area (Å²) in [6, 6.07) is -0.00398. The Kier molecular flexibility index (Phi) is 10.5. The summed E-state index contributed by atoms with van der Waals surface area (Å²) >= 11 is 0. The van der Waals surface area contributed by atoms with Crippen LogP contribution < -0.4 is 0 Å². The normalized spacial score (nSPS) is 14.7. The van der Waals surface area contributed by atoms with Gasteiger partial charge in [-0.3, -0.25) is 4.79 Å². The van der Waals surface area contributed by atoms with E-state index in [1.54, 1.807) is 4.74 Å². The predicted molar refractivity (Wildman–Crippen MR) is 79.5 cm³/mol. The van der Waals surface area contributed by atoms with Crippen LogP contribution in [0.25, 0.3) is 0 Å². The second-order valence-electron chi connectivity index (χ2n) is 5.69. The van der Waals surface area contributed by atoms with Gasteiger partial charge in [-0.25, -0.2) is 14.2 Å². The topological polar surface area (TPSA) is 72.5 Å². The molecule has 0 amide bonds. The fourth-order valence-electron chi connectivity index (χ4n) is 1.97. The summed E-state index contributed by atoms with van der Waals surface area (Å²) in [5.74, 6) is -2.40. The number of Topliss-reactive ketones (excluding diaryl/α,β-unsaturated/α-hetero) is 1. The molecule has 0 atom stereocenters. The van der Waals surface area contributed by atoms with Gasteiger partial charge in [0.2, 0.25) is 5.78 Å². The second-order valence-corrected chi connectivity index (χ2v) is 8.78. The highest BCUT2D eigenvalue weighted by Crippen LogP contribution is 2.44. The maximum absolute atomic E-state index is 13.5. The zero-order valence-corrected chi connectivity index (χ0v) is 17.3. The number of alkyl halides is 11. The molecule has 0 N–H and O–H groups in total. The van der Waals surface area contributed by atoms with Crippen LogP contribution in [0.4, 0.5) is 48.3 Å². The van der Waals surface area contributed by atoms with Gasteiger partial charge < -0.3 is 13.3 Å². The molecule has 192 valence electrons. The van der Waals surface area contributed by atoms with Gasteiger partial charge in [-0.1, -0.05) is 0 Å². The molecule has 0 saturated heterocycles. The Balaban J connectivity index is 5.02. The Morgan fingerprint density at radius 3 is 1.53 bits per heavy atom. The van der Waals surface area contributed by atoms with Crippen molar-refractivity contribution in [2.75, 3.05) is 21.3 Å². The van der Waals surface area contributed by atoms with Crippen molar-refractivity contribution in [3.8, 4) is 0 Å². The van der Waals surface area contributed by atoms with Gasteiger partial charge in [0.15, 0.2) is 0 Å². The molecule has 0 aliphatic heterocycles. The van der Waals surface area contributed by atoms with Crippen LogP contribution in [0.15, 0.2) is 0 Å². The number of unbranched alkanes of at least 4 members (excludes halogenated alkanes) is 1. The van der Waals surface area contributed by atoms with Crippen molar-refractivity contribution >= 4 is 14.6 Å². The fourth-order valence-corrected chi connectivity index (χ4v) is 3.76. The Morgan fingerprint density at radius 2 is 1.12 bits per heavy atom. The van der Waals surface area contributed by atoms with Gasteiger partial charge in [-0.15, -0.1) is 22.0 Å². The maximum atomic E-state index is 13.5. The molecule has 0 rings (SSSR count). The molecule has 0 aromatic carbocycles. The Labute approximate surface area is 174 Å². The summed E-state index contributed by atoms with van der Waals surface area (Å²) in [7, 11) is 0.496. The average molecular weight is 522 g/mol. The average Bonchev–Trinajstić information content (AvgIpc) is 2.58. The lowest BCUT2D eigenvalue weighted by molar-refractivity contribution is -0.568. The predicted octanol–water partition coefficient (Wildman–Crippen LogP) is 4.50. The standard InChI is InChI=1S/C13H17F11O7Si/c1-26-32(27-2,28-3)7-5-4-6-8(25)9(14,15)29-13(23,24)31-11(18,19)10(16,17)30-12(20,21)22/h4-7H2,1-3H3. The van der Waals surface area contributed by atoms with E-state index in [2.05, 4.69) is 4.74 Å². The van der Waals surface area contributed by atoms with Crippen molar-refractivity contribution in [3.05, 3.63) is 0 Å². The van der Waals surface area contributed by atoms with Crippen LogP contribution in [0.3, 0.4) is 0 Å². The highest BCUT2D eigenvalue weighted by Gasteiger charge is 2.69. The number of carbonyl (C=O) groups excluding carboxylic acids is 1. The van der Waals surface area contributed by atoms with Gasteiger partial charge in [-0.2, -0.15) is 26.3 Å². The number of halogens is 11. The van der Waals surface area contributed by atoms with E-state index in [0.29, 0.717) is 0 Å². The molecule has 0 aliphatic rings. The van der Waals surface area contributed by atoms with Crippen LogP contribution in [-0.4, -0.2) is 66.9 Å². The molecule has 0 radical (unpaired) electrons. The van der Waals surface area contributed by atoms with E-state index in [1.165, 1.54) is 21.3 Å². The minimum Gasteiger partial charge on any atom is -0.377 e. The van der Waals surface area contributed by atoms with Gasteiger partial charge >= 0.3 is 39.8 Å². The van der Waals surface area contributed by atoms with E-state index in [0.717, 1.165) is 0 Å². The van der Waals surface area contributed by atoms with Crippen molar-refractivity contribution in [2.45, 2.75) is 56.3 Å². The van der Waals surface area contributed by atoms with Crippen LogP contribution in [0.2, 0.25) is 6.04 Å². The summed E-state index contributed by atoms with van der Waals surface area (Å²) in [5.41, 5.74) is 0. The van der Waals surface area contributed by atoms with Crippen molar-refractivity contribution < 1.29 is 80.6 Å². The van der Waals surface area contributed by atoms with Crippen LogP contribution in [-0.2, 0) is 32.3 Å². The number of ketones is 1. The molecule has 32 heavy (non-hydrogen) atoms. The molecule has 0 bridgehead atoms. The molecule has 0 saturated carbocycles. The van der Waals surface area contributed by atoms with E-state index in [-0.39, 0.29) is 12.5 Å². The van der Waals surface area contributed by atoms with E-state index in [9.17, 15) is 53.1 Å². The summed E-state index contributed by atoms with van der Waals surface area (Å²) in [6.45, 7) is 0. The van der Waals surface area contributed by atoms with E-state index in [4.69, 9.17) is 13.3 Å². The first kappa shape index (κ1) is 30.9. The van der Waals surface area contributed by atoms with E-state index >= 15 is 0 Å². The number of rotatable bonds is 15. The number of hydrogen-bond donors (Lipinski definition) is 0. The smallest absolute Gasteiger partial charge is 0.377 e. The van der Waals surface area contributed by atoms with Crippen LogP contribution in [0.1, 0.15) is 19.3 Å². The molecule has 0 heterocycles. The van der Waals surface area contributed by atoms with E-state index < -0.39 is 58.4 Å². The largest absolute Gasteiger partial charge is 0.527 e. The summed E-state index contributed by atoms with van der Waals surface area (Å²) in [6.07, 6.45) is -33.6. The minimum atomic E-state index is -6.81. The summed E-state index contributed by atoms with van der Waals surface area (Å²) < 4.78 is 161. The zero-order chi connectivity index (χ0) is 25.6. The maximum Gasteiger partial charge on any atom is 0.527 e. The van der Waals surface area contributed by atoms with E-state index in [1.807, 2.05) is 4.74 Å². The molecular formula is C13H17F11O7Si. The van der Waals surface area contributed by atoms with Crippen molar-refractivity contribution in [3.63, 3.8) is 0 Å². The lowest BCUT2D eigenvalue weighted by Gasteiger charge is -2.30. The van der Waals surface area contributed by atoms with Crippen molar-refractivity contribution in [1.82, 2.24) is 0 Å². The molecule has 0 aliphatic carbocycles. The van der Waals surface area contributed by atoms with Gasteiger partial charge in [0.25, 0.3) is 0 Å². The number of carbonyl (C=O) groups is 1. The molecule has 0 aromatic rings. The third-order valence-electron chi connectivity index (χ3n) is 3.47. The molecule has 0 aromatic heterocycles. The van der Waals surface area contributed by atoms with Crippen LogP contribution in [0, 0.1) is 0 Å². The Bertz CT molecular complexity index is 603. The monoisotopic (exact) mass is 522 g/mol. The lowest BCUT2D eigenvalue weighted by atomic mass is 10.2. The molecular weight excluding hydrogens is 505 g/mol. The lowest BCUT2D eigenvalue weighted by Crippen LogP contribution is -2.53.